The summed E-state index contributed by atoms with van der Waals surface area (Å²) < 4.78 is 0. The molecule has 1 heterocycles. The normalized spacial score (nSPS) is 15.2. The zero-order valence-corrected chi connectivity index (χ0v) is 10.0. The van der Waals surface area contributed by atoms with Crippen LogP contribution in [-0.4, -0.2) is 16.9 Å². The lowest BCUT2D eigenvalue weighted by Gasteiger charge is -2.22. The number of primary amides is 1. The second kappa shape index (κ2) is 5.23. The van der Waals surface area contributed by atoms with Crippen molar-refractivity contribution < 1.29 is 4.79 Å². The largest absolute Gasteiger partial charge is 0.368 e. The van der Waals surface area contributed by atoms with E-state index in [-0.39, 0.29) is 23.9 Å². The van der Waals surface area contributed by atoms with Gasteiger partial charge in [-0.3, -0.25) is 10.1 Å². The minimum Gasteiger partial charge on any atom is -0.368 e. The van der Waals surface area contributed by atoms with E-state index in [0.717, 1.165) is 5.01 Å². The van der Waals surface area contributed by atoms with E-state index >= 15 is 0 Å². The molecule has 0 aliphatic heterocycles. The molecule has 3 N–H and O–H groups in total. The van der Waals surface area contributed by atoms with E-state index in [0.29, 0.717) is 0 Å². The molecule has 1 amide bonds. The Morgan fingerprint density at radius 1 is 1.53 bits per heavy atom. The summed E-state index contributed by atoms with van der Waals surface area (Å²) >= 11 is 1.57. The highest BCUT2D eigenvalue weighted by molar-refractivity contribution is 7.09. The predicted octanol–water partition coefficient (Wildman–Crippen LogP) is 1.30. The molecule has 0 bridgehead atoms. The summed E-state index contributed by atoms with van der Waals surface area (Å²) in [5, 5.41) is 6.08. The maximum absolute atomic E-state index is 11.2. The smallest absolute Gasteiger partial charge is 0.234 e. The molecule has 1 aromatic rings. The second-order valence-corrected chi connectivity index (χ2v) is 4.81. The van der Waals surface area contributed by atoms with E-state index in [1.165, 1.54) is 0 Å². The standard InChI is InChI=1S/C10H17N3OS/c1-6(2)8(9(11)14)13-7(3)10-12-4-5-15-10/h4-8,13H,1-3H3,(H2,11,14). The van der Waals surface area contributed by atoms with Crippen LogP contribution >= 0.6 is 11.3 Å². The Balaban J connectivity index is 2.63. The maximum atomic E-state index is 11.2. The topological polar surface area (TPSA) is 68.0 Å². The maximum Gasteiger partial charge on any atom is 0.234 e. The van der Waals surface area contributed by atoms with Crippen LogP contribution in [0.2, 0.25) is 0 Å². The molecule has 0 aromatic carbocycles. The molecule has 0 fully saturated rings. The summed E-state index contributed by atoms with van der Waals surface area (Å²) in [6, 6.07) is -0.242. The summed E-state index contributed by atoms with van der Waals surface area (Å²) in [5.74, 6) is -0.127. The number of nitrogens with two attached hydrogens (primary N) is 1. The number of nitrogens with one attached hydrogen (secondary N) is 1. The van der Waals surface area contributed by atoms with Crippen LogP contribution in [0.3, 0.4) is 0 Å². The number of amides is 1. The Bertz CT molecular complexity index is 310. The number of hydrogen-bond donors (Lipinski definition) is 2. The van der Waals surface area contributed by atoms with Gasteiger partial charge in [-0.05, 0) is 12.8 Å². The molecule has 0 saturated heterocycles. The first-order chi connectivity index (χ1) is 7.02. The van der Waals surface area contributed by atoms with Crippen molar-refractivity contribution in [1.82, 2.24) is 10.3 Å². The van der Waals surface area contributed by atoms with Gasteiger partial charge in [0.15, 0.2) is 0 Å². The van der Waals surface area contributed by atoms with Crippen molar-refractivity contribution in [3.8, 4) is 0 Å². The van der Waals surface area contributed by atoms with E-state index in [1.807, 2.05) is 26.2 Å². The molecule has 1 rings (SSSR count). The van der Waals surface area contributed by atoms with E-state index in [2.05, 4.69) is 10.3 Å². The Labute approximate surface area is 93.9 Å². The fourth-order valence-electron chi connectivity index (χ4n) is 1.39. The van der Waals surface area contributed by atoms with Crippen LogP contribution in [0, 0.1) is 5.92 Å². The Hall–Kier alpha value is -0.940. The van der Waals surface area contributed by atoms with Crippen LogP contribution in [0.15, 0.2) is 11.6 Å². The summed E-state index contributed by atoms with van der Waals surface area (Å²) in [6.07, 6.45) is 1.76. The van der Waals surface area contributed by atoms with Crippen molar-refractivity contribution in [3.05, 3.63) is 16.6 Å². The van der Waals surface area contributed by atoms with Gasteiger partial charge in [-0.2, -0.15) is 0 Å². The number of carbonyl (C=O) groups excluding carboxylic acids is 1. The molecule has 4 nitrogen and oxygen atoms in total. The second-order valence-electron chi connectivity index (χ2n) is 3.88. The SMILES string of the molecule is CC(NC(C(N)=O)C(C)C)c1nccs1. The van der Waals surface area contributed by atoms with Gasteiger partial charge >= 0.3 is 0 Å². The number of rotatable bonds is 5. The summed E-state index contributed by atoms with van der Waals surface area (Å²) in [7, 11) is 0. The number of carbonyl (C=O) groups is 1. The van der Waals surface area contributed by atoms with Crippen molar-refractivity contribution in [2.24, 2.45) is 11.7 Å². The van der Waals surface area contributed by atoms with Crippen LogP contribution in [0.4, 0.5) is 0 Å². The number of thiazole rings is 1. The average molecular weight is 227 g/mol. The van der Waals surface area contributed by atoms with Crippen molar-refractivity contribution >= 4 is 17.2 Å². The summed E-state index contributed by atoms with van der Waals surface area (Å²) in [5.41, 5.74) is 5.32. The zero-order chi connectivity index (χ0) is 11.4. The highest BCUT2D eigenvalue weighted by atomic mass is 32.1. The van der Waals surface area contributed by atoms with Crippen molar-refractivity contribution in [2.45, 2.75) is 32.9 Å². The first kappa shape index (κ1) is 12.1. The summed E-state index contributed by atoms with van der Waals surface area (Å²) in [6.45, 7) is 5.92. The fourth-order valence-corrected chi connectivity index (χ4v) is 2.05. The quantitative estimate of drug-likeness (QED) is 0.796. The number of hydrogen-bond acceptors (Lipinski definition) is 4. The van der Waals surface area contributed by atoms with Crippen molar-refractivity contribution in [2.75, 3.05) is 0 Å². The molecular formula is C10H17N3OS. The van der Waals surface area contributed by atoms with E-state index in [1.54, 1.807) is 17.5 Å². The minimum atomic E-state index is -0.312. The van der Waals surface area contributed by atoms with Gasteiger partial charge in [-0.1, -0.05) is 13.8 Å². The van der Waals surface area contributed by atoms with Crippen LogP contribution in [0.25, 0.3) is 0 Å². The van der Waals surface area contributed by atoms with Gasteiger partial charge in [-0.15, -0.1) is 11.3 Å². The predicted molar refractivity (Wildman–Crippen MR) is 61.5 cm³/mol. The molecule has 0 spiro atoms. The van der Waals surface area contributed by atoms with Crippen LogP contribution in [0.1, 0.15) is 31.8 Å². The average Bonchev–Trinajstić information content (AvgIpc) is 2.65. The molecule has 0 aliphatic rings. The first-order valence-corrected chi connectivity index (χ1v) is 5.85. The molecule has 0 radical (unpaired) electrons. The Morgan fingerprint density at radius 3 is 2.60 bits per heavy atom. The van der Waals surface area contributed by atoms with Crippen LogP contribution in [-0.2, 0) is 4.79 Å². The van der Waals surface area contributed by atoms with Crippen molar-refractivity contribution in [3.63, 3.8) is 0 Å². The molecular weight excluding hydrogens is 210 g/mol. The lowest BCUT2D eigenvalue weighted by Crippen LogP contribution is -2.45. The third kappa shape index (κ3) is 3.28. The van der Waals surface area contributed by atoms with Gasteiger partial charge in [-0.25, -0.2) is 4.98 Å². The number of aromatic nitrogens is 1. The Kier molecular flexibility index (Phi) is 4.23. The van der Waals surface area contributed by atoms with Gasteiger partial charge in [0.05, 0.1) is 12.1 Å². The van der Waals surface area contributed by atoms with Crippen molar-refractivity contribution in [1.29, 1.82) is 0 Å². The van der Waals surface area contributed by atoms with Gasteiger partial charge in [0, 0.05) is 11.6 Å². The van der Waals surface area contributed by atoms with Gasteiger partial charge < -0.3 is 5.73 Å². The van der Waals surface area contributed by atoms with Gasteiger partial charge in [0.2, 0.25) is 5.91 Å². The summed E-state index contributed by atoms with van der Waals surface area (Å²) in [4.78, 5) is 15.4. The van der Waals surface area contributed by atoms with Gasteiger partial charge in [0.1, 0.15) is 5.01 Å². The molecule has 2 unspecified atom stereocenters. The van der Waals surface area contributed by atoms with Crippen LogP contribution in [0.5, 0.6) is 0 Å². The molecule has 5 heteroatoms. The van der Waals surface area contributed by atoms with Crippen LogP contribution < -0.4 is 11.1 Å². The van der Waals surface area contributed by atoms with E-state index < -0.39 is 0 Å². The number of nitrogens with zero attached hydrogens (tertiary/aromatic N) is 1. The van der Waals surface area contributed by atoms with E-state index in [4.69, 9.17) is 5.73 Å². The highest BCUT2D eigenvalue weighted by Crippen LogP contribution is 2.16. The van der Waals surface area contributed by atoms with Gasteiger partial charge in [0.25, 0.3) is 0 Å². The fraction of sp³-hybridized carbons (Fsp3) is 0.600. The third-order valence-corrected chi connectivity index (χ3v) is 3.18. The van der Waals surface area contributed by atoms with E-state index in [9.17, 15) is 4.79 Å². The first-order valence-electron chi connectivity index (χ1n) is 4.97. The molecule has 84 valence electrons. The third-order valence-electron chi connectivity index (χ3n) is 2.22. The zero-order valence-electron chi connectivity index (χ0n) is 9.23. The molecule has 0 saturated carbocycles. The lowest BCUT2D eigenvalue weighted by atomic mass is 10.0. The monoisotopic (exact) mass is 227 g/mol. The Morgan fingerprint density at radius 2 is 2.20 bits per heavy atom. The highest BCUT2D eigenvalue weighted by Gasteiger charge is 2.22. The molecule has 2 atom stereocenters. The molecule has 1 aromatic heterocycles. The lowest BCUT2D eigenvalue weighted by molar-refractivity contribution is -0.121. The molecule has 0 aliphatic carbocycles. The minimum absolute atomic E-state index is 0.0601. The molecule has 15 heavy (non-hydrogen) atoms.